The van der Waals surface area contributed by atoms with Gasteiger partial charge in [-0.1, -0.05) is 32.9 Å². The maximum absolute atomic E-state index is 14.1. The highest BCUT2D eigenvalue weighted by atomic mass is 19.4. The number of aliphatic carboxylic acids is 1. The smallest absolute Gasteiger partial charge is 0.475 e. The van der Waals surface area contributed by atoms with Crippen molar-refractivity contribution < 1.29 is 37.4 Å². The highest BCUT2D eigenvalue weighted by molar-refractivity contribution is 5.95. The fourth-order valence-corrected chi connectivity index (χ4v) is 5.62. The van der Waals surface area contributed by atoms with Crippen LogP contribution < -0.4 is 5.32 Å². The van der Waals surface area contributed by atoms with Crippen LogP contribution in [0.3, 0.4) is 0 Å². The quantitative estimate of drug-likeness (QED) is 0.505. The Morgan fingerprint density at radius 1 is 1.14 bits per heavy atom. The standard InChI is InChI=1S/C27H39N5O3.C2HF3O2/c1-18(2)16-31(22-13-20(14-28-15-22)26(33)30-8-10-35-11-9-30)27(34)25-29-23-6-4-5-7-24(23)32(25)17-21-12-19(21)3;3-2(4,5)1(6)7/h4-7,18-22,28H,8-17H2,1-3H3;(H,6,7)/t19?,20-,21?,22+;/m1./s1. The molecule has 2 aromatic rings. The average Bonchev–Trinajstić information content (AvgIpc) is 3.54. The maximum atomic E-state index is 14.1. The van der Waals surface area contributed by atoms with Crippen LogP contribution in [0.4, 0.5) is 13.2 Å². The van der Waals surface area contributed by atoms with Crippen molar-refractivity contribution in [3.05, 3.63) is 30.1 Å². The van der Waals surface area contributed by atoms with E-state index >= 15 is 0 Å². The number of imidazole rings is 1. The molecule has 0 spiro atoms. The number of nitrogens with zero attached hydrogens (tertiary/aromatic N) is 4. The van der Waals surface area contributed by atoms with Crippen LogP contribution in [-0.2, 0) is 20.9 Å². The molecule has 5 rings (SSSR count). The Morgan fingerprint density at radius 3 is 2.38 bits per heavy atom. The van der Waals surface area contributed by atoms with E-state index in [2.05, 4.69) is 36.7 Å². The Hall–Kier alpha value is -3.19. The van der Waals surface area contributed by atoms with Gasteiger partial charge < -0.3 is 29.5 Å². The number of aromatic nitrogens is 2. The van der Waals surface area contributed by atoms with E-state index in [0.717, 1.165) is 17.6 Å². The van der Waals surface area contributed by atoms with Gasteiger partial charge >= 0.3 is 12.1 Å². The molecule has 1 aromatic heterocycles. The van der Waals surface area contributed by atoms with E-state index in [-0.39, 0.29) is 23.8 Å². The molecule has 2 amide bonds. The zero-order valence-corrected chi connectivity index (χ0v) is 24.3. The van der Waals surface area contributed by atoms with Crippen molar-refractivity contribution in [2.75, 3.05) is 45.9 Å². The number of para-hydroxylation sites is 2. The summed E-state index contributed by atoms with van der Waals surface area (Å²) in [5.41, 5.74) is 1.90. The van der Waals surface area contributed by atoms with Crippen molar-refractivity contribution in [1.82, 2.24) is 24.7 Å². The molecule has 3 fully saturated rings. The minimum absolute atomic E-state index is 0.0190. The Balaban J connectivity index is 0.000000517. The minimum atomic E-state index is -5.08. The van der Waals surface area contributed by atoms with Crippen LogP contribution in [0.2, 0.25) is 0 Å². The van der Waals surface area contributed by atoms with Crippen molar-refractivity contribution in [2.24, 2.45) is 23.7 Å². The van der Waals surface area contributed by atoms with Crippen molar-refractivity contribution in [1.29, 1.82) is 0 Å². The first-order chi connectivity index (χ1) is 19.9. The number of fused-ring (bicyclic) bond motifs is 1. The highest BCUT2D eigenvalue weighted by Gasteiger charge is 2.39. The predicted octanol–water partition coefficient (Wildman–Crippen LogP) is 3.26. The number of hydrogen-bond acceptors (Lipinski definition) is 6. The van der Waals surface area contributed by atoms with Gasteiger partial charge in [-0.15, -0.1) is 0 Å². The number of halogens is 3. The molecule has 2 aliphatic heterocycles. The van der Waals surface area contributed by atoms with Crippen LogP contribution in [0.1, 0.15) is 44.2 Å². The first kappa shape index (κ1) is 31.7. The second-order valence-electron chi connectivity index (χ2n) is 11.8. The number of carboxylic acids is 1. The number of ether oxygens (including phenoxy) is 1. The highest BCUT2D eigenvalue weighted by Crippen LogP contribution is 2.40. The third kappa shape index (κ3) is 7.80. The lowest BCUT2D eigenvalue weighted by molar-refractivity contribution is -0.192. The van der Waals surface area contributed by atoms with E-state index in [1.807, 2.05) is 28.0 Å². The van der Waals surface area contributed by atoms with E-state index in [0.29, 0.717) is 75.9 Å². The van der Waals surface area contributed by atoms with Gasteiger partial charge in [-0.05, 0) is 42.7 Å². The van der Waals surface area contributed by atoms with E-state index in [1.54, 1.807) is 0 Å². The van der Waals surface area contributed by atoms with Gasteiger partial charge in [0.2, 0.25) is 5.91 Å². The number of nitrogens with one attached hydrogen (secondary N) is 1. The number of carbonyl (C=O) groups is 3. The SMILES string of the molecule is CC(C)CN(C(=O)c1nc2ccccc2n1CC1CC1C)[C@@H]1CNC[C@H](C(=O)N2CCOCC2)C1.O=C(O)C(F)(F)F. The Bertz CT molecular complexity index is 1260. The summed E-state index contributed by atoms with van der Waals surface area (Å²) in [4.78, 5) is 45.0. The minimum Gasteiger partial charge on any atom is -0.475 e. The number of benzene rings is 1. The molecule has 1 aromatic carbocycles. The molecule has 0 bridgehead atoms. The summed E-state index contributed by atoms with van der Waals surface area (Å²) < 4.78 is 39.3. The van der Waals surface area contributed by atoms with Crippen molar-refractivity contribution >= 4 is 28.8 Å². The fraction of sp³-hybridized carbons (Fsp3) is 0.655. The molecule has 232 valence electrons. The monoisotopic (exact) mass is 595 g/mol. The molecule has 4 atom stereocenters. The van der Waals surface area contributed by atoms with Crippen molar-refractivity contribution in [3.63, 3.8) is 0 Å². The number of piperidine rings is 1. The van der Waals surface area contributed by atoms with Crippen LogP contribution in [-0.4, -0.2) is 100 Å². The number of rotatable bonds is 7. The van der Waals surface area contributed by atoms with Crippen LogP contribution in [0.25, 0.3) is 11.0 Å². The molecular formula is C29H40F3N5O5. The van der Waals surface area contributed by atoms with Gasteiger partial charge in [0.05, 0.1) is 30.2 Å². The summed E-state index contributed by atoms with van der Waals surface area (Å²) in [5.74, 6) is -0.576. The molecule has 1 saturated carbocycles. The second-order valence-corrected chi connectivity index (χ2v) is 11.8. The van der Waals surface area contributed by atoms with E-state index in [4.69, 9.17) is 19.6 Å². The largest absolute Gasteiger partial charge is 0.490 e. The van der Waals surface area contributed by atoms with Crippen molar-refractivity contribution in [3.8, 4) is 0 Å². The Labute approximate surface area is 243 Å². The van der Waals surface area contributed by atoms with E-state index in [9.17, 15) is 22.8 Å². The van der Waals surface area contributed by atoms with Crippen LogP contribution in [0, 0.1) is 23.7 Å². The number of hydrogen-bond donors (Lipinski definition) is 2. The summed E-state index contributed by atoms with van der Waals surface area (Å²) in [6.07, 6.45) is -3.20. The lowest BCUT2D eigenvalue weighted by atomic mass is 9.92. The third-order valence-electron chi connectivity index (χ3n) is 8.04. The lowest BCUT2D eigenvalue weighted by Gasteiger charge is -2.40. The first-order valence-corrected chi connectivity index (χ1v) is 14.5. The van der Waals surface area contributed by atoms with Gasteiger partial charge in [0.1, 0.15) is 0 Å². The topological polar surface area (TPSA) is 117 Å². The summed E-state index contributed by atoms with van der Waals surface area (Å²) >= 11 is 0. The predicted molar refractivity (Wildman–Crippen MR) is 149 cm³/mol. The molecule has 3 heterocycles. The van der Waals surface area contributed by atoms with Crippen LogP contribution in [0.15, 0.2) is 24.3 Å². The second kappa shape index (κ2) is 13.4. The molecule has 1 aliphatic carbocycles. The fourth-order valence-electron chi connectivity index (χ4n) is 5.62. The first-order valence-electron chi connectivity index (χ1n) is 14.5. The normalized spacial score (nSPS) is 24.2. The number of carboxylic acid groups (broad SMARTS) is 1. The molecule has 10 nitrogen and oxygen atoms in total. The molecule has 2 unspecified atom stereocenters. The molecule has 42 heavy (non-hydrogen) atoms. The Morgan fingerprint density at radius 2 is 1.79 bits per heavy atom. The van der Waals surface area contributed by atoms with Gasteiger partial charge in [-0.25, -0.2) is 9.78 Å². The van der Waals surface area contributed by atoms with Gasteiger partial charge in [0.15, 0.2) is 5.82 Å². The van der Waals surface area contributed by atoms with Gasteiger partial charge in [0.25, 0.3) is 5.91 Å². The number of alkyl halides is 3. The Kier molecular flexibility index (Phi) is 10.1. The average molecular weight is 596 g/mol. The lowest BCUT2D eigenvalue weighted by Crippen LogP contribution is -2.56. The molecular weight excluding hydrogens is 555 g/mol. The number of morpholine rings is 1. The van der Waals surface area contributed by atoms with E-state index < -0.39 is 12.1 Å². The molecule has 2 saturated heterocycles. The van der Waals surface area contributed by atoms with Gasteiger partial charge in [-0.3, -0.25) is 9.59 Å². The zero-order chi connectivity index (χ0) is 30.6. The summed E-state index contributed by atoms with van der Waals surface area (Å²) in [6.45, 7) is 11.9. The molecule has 2 N–H and O–H groups in total. The molecule has 3 aliphatic rings. The van der Waals surface area contributed by atoms with Crippen molar-refractivity contribution in [2.45, 2.75) is 52.4 Å². The molecule has 0 radical (unpaired) electrons. The van der Waals surface area contributed by atoms with Crippen LogP contribution in [0.5, 0.6) is 0 Å². The van der Waals surface area contributed by atoms with E-state index in [1.165, 1.54) is 6.42 Å². The van der Waals surface area contributed by atoms with Gasteiger partial charge in [-0.2, -0.15) is 13.2 Å². The molecule has 13 heteroatoms. The number of amides is 2. The zero-order valence-electron chi connectivity index (χ0n) is 24.3. The summed E-state index contributed by atoms with van der Waals surface area (Å²) in [7, 11) is 0. The number of carbonyl (C=O) groups excluding carboxylic acids is 2. The van der Waals surface area contributed by atoms with Gasteiger partial charge in [0, 0.05) is 45.3 Å². The van der Waals surface area contributed by atoms with Crippen LogP contribution >= 0.6 is 0 Å². The third-order valence-corrected chi connectivity index (χ3v) is 8.04. The summed E-state index contributed by atoms with van der Waals surface area (Å²) in [5, 5.41) is 10.6. The summed E-state index contributed by atoms with van der Waals surface area (Å²) in [6, 6.07) is 8.01. The maximum Gasteiger partial charge on any atom is 0.490 e.